The summed E-state index contributed by atoms with van der Waals surface area (Å²) in [5.41, 5.74) is 1.19. The van der Waals surface area contributed by atoms with Crippen molar-refractivity contribution < 1.29 is 0 Å². The highest BCUT2D eigenvalue weighted by molar-refractivity contribution is 14.1. The SMILES string of the molecule is CCCNc1nc(C2CCCS2)nc(C(C)C)c1I. The molecule has 1 saturated heterocycles. The lowest BCUT2D eigenvalue weighted by Crippen LogP contribution is -2.12. The summed E-state index contributed by atoms with van der Waals surface area (Å²) in [6.07, 6.45) is 3.63. The molecule has 0 saturated carbocycles. The van der Waals surface area contributed by atoms with Crippen molar-refractivity contribution >= 4 is 40.2 Å². The van der Waals surface area contributed by atoms with Gasteiger partial charge < -0.3 is 5.32 Å². The molecule has 1 N–H and O–H groups in total. The van der Waals surface area contributed by atoms with Crippen LogP contribution in [0.5, 0.6) is 0 Å². The van der Waals surface area contributed by atoms with E-state index in [4.69, 9.17) is 9.97 Å². The summed E-state index contributed by atoms with van der Waals surface area (Å²) in [4.78, 5) is 9.63. The second kappa shape index (κ2) is 7.11. The zero-order valence-electron chi connectivity index (χ0n) is 11.9. The van der Waals surface area contributed by atoms with Crippen molar-refractivity contribution in [2.75, 3.05) is 17.6 Å². The zero-order chi connectivity index (χ0) is 13.8. The van der Waals surface area contributed by atoms with Crippen molar-refractivity contribution in [3.05, 3.63) is 15.1 Å². The van der Waals surface area contributed by atoms with E-state index in [1.807, 2.05) is 11.8 Å². The van der Waals surface area contributed by atoms with Gasteiger partial charge in [0, 0.05) is 6.54 Å². The van der Waals surface area contributed by atoms with Gasteiger partial charge in [-0.05, 0) is 53.5 Å². The predicted octanol–water partition coefficient (Wildman–Crippen LogP) is 4.59. The highest BCUT2D eigenvalue weighted by atomic mass is 127. The molecule has 1 atom stereocenters. The van der Waals surface area contributed by atoms with Crippen molar-refractivity contribution in [2.24, 2.45) is 0 Å². The maximum absolute atomic E-state index is 4.84. The highest BCUT2D eigenvalue weighted by Gasteiger charge is 2.23. The summed E-state index contributed by atoms with van der Waals surface area (Å²) in [5, 5.41) is 3.95. The van der Waals surface area contributed by atoms with Crippen molar-refractivity contribution in [2.45, 2.75) is 51.2 Å². The van der Waals surface area contributed by atoms with Gasteiger partial charge in [0.2, 0.25) is 0 Å². The molecule has 0 spiro atoms. The van der Waals surface area contributed by atoms with Gasteiger partial charge in [-0.15, -0.1) is 0 Å². The maximum atomic E-state index is 4.84. The number of halogens is 1. The normalized spacial score (nSPS) is 19.1. The molecule has 0 bridgehead atoms. The van der Waals surface area contributed by atoms with Gasteiger partial charge in [-0.3, -0.25) is 0 Å². The predicted molar refractivity (Wildman–Crippen MR) is 92.1 cm³/mol. The van der Waals surface area contributed by atoms with Crippen LogP contribution in [0, 0.1) is 3.57 Å². The van der Waals surface area contributed by atoms with Crippen LogP contribution in [0.3, 0.4) is 0 Å². The molecule has 1 fully saturated rings. The first-order chi connectivity index (χ1) is 9.13. The maximum Gasteiger partial charge on any atom is 0.144 e. The molecule has 0 aromatic carbocycles. The van der Waals surface area contributed by atoms with E-state index in [-0.39, 0.29) is 0 Å². The van der Waals surface area contributed by atoms with E-state index >= 15 is 0 Å². The third-order valence-electron chi connectivity index (χ3n) is 3.20. The summed E-state index contributed by atoms with van der Waals surface area (Å²) in [7, 11) is 0. The Morgan fingerprint density at radius 3 is 2.79 bits per heavy atom. The standard InChI is InChI=1S/C14H22IN3S/c1-4-7-16-14-11(15)12(9(2)3)17-13(18-14)10-6-5-8-19-10/h9-10H,4-8H2,1-3H3,(H,16,17,18). The van der Waals surface area contributed by atoms with Gasteiger partial charge in [-0.25, -0.2) is 9.97 Å². The van der Waals surface area contributed by atoms with Crippen molar-refractivity contribution in [1.82, 2.24) is 9.97 Å². The molecular formula is C14H22IN3S. The van der Waals surface area contributed by atoms with E-state index in [9.17, 15) is 0 Å². The van der Waals surface area contributed by atoms with Crippen LogP contribution in [0.15, 0.2) is 0 Å². The minimum absolute atomic E-state index is 0.447. The van der Waals surface area contributed by atoms with E-state index in [1.54, 1.807) is 0 Å². The third kappa shape index (κ3) is 3.74. The van der Waals surface area contributed by atoms with Crippen LogP contribution in [-0.2, 0) is 0 Å². The Morgan fingerprint density at radius 2 is 2.21 bits per heavy atom. The van der Waals surface area contributed by atoms with Crippen molar-refractivity contribution in [3.8, 4) is 0 Å². The first-order valence-electron chi connectivity index (χ1n) is 7.06. The molecule has 1 aliphatic rings. The smallest absolute Gasteiger partial charge is 0.144 e. The average Bonchev–Trinajstić information content (AvgIpc) is 2.91. The molecule has 2 rings (SSSR count). The fourth-order valence-electron chi connectivity index (χ4n) is 2.15. The first kappa shape index (κ1) is 15.4. The van der Waals surface area contributed by atoms with Crippen LogP contribution < -0.4 is 5.32 Å². The molecule has 0 amide bonds. The molecule has 1 aromatic rings. The van der Waals surface area contributed by atoms with Gasteiger partial charge in [0.05, 0.1) is 14.5 Å². The average molecular weight is 391 g/mol. The van der Waals surface area contributed by atoms with Gasteiger partial charge in [-0.2, -0.15) is 11.8 Å². The number of anilines is 1. The lowest BCUT2D eigenvalue weighted by Gasteiger charge is -2.17. The van der Waals surface area contributed by atoms with Crippen molar-refractivity contribution in [3.63, 3.8) is 0 Å². The van der Waals surface area contributed by atoms with Crippen LogP contribution in [-0.4, -0.2) is 22.3 Å². The second-order valence-electron chi connectivity index (χ2n) is 5.21. The van der Waals surface area contributed by atoms with E-state index in [1.165, 1.54) is 27.9 Å². The topological polar surface area (TPSA) is 37.8 Å². The van der Waals surface area contributed by atoms with Gasteiger partial charge >= 0.3 is 0 Å². The number of rotatable bonds is 5. The monoisotopic (exact) mass is 391 g/mol. The number of hydrogen-bond donors (Lipinski definition) is 1. The second-order valence-corrected chi connectivity index (χ2v) is 7.60. The number of aromatic nitrogens is 2. The Morgan fingerprint density at radius 1 is 1.42 bits per heavy atom. The Labute approximate surface area is 133 Å². The third-order valence-corrected chi connectivity index (χ3v) is 5.64. The summed E-state index contributed by atoms with van der Waals surface area (Å²) in [6, 6.07) is 0. The van der Waals surface area contributed by atoms with Gasteiger partial charge in [-0.1, -0.05) is 20.8 Å². The fraction of sp³-hybridized carbons (Fsp3) is 0.714. The van der Waals surface area contributed by atoms with Crippen molar-refractivity contribution in [1.29, 1.82) is 0 Å². The number of nitrogens with zero attached hydrogens (tertiary/aromatic N) is 2. The lowest BCUT2D eigenvalue weighted by atomic mass is 10.1. The van der Waals surface area contributed by atoms with Gasteiger partial charge in [0.1, 0.15) is 11.6 Å². The fourth-order valence-corrected chi connectivity index (χ4v) is 4.41. The largest absolute Gasteiger partial charge is 0.369 e. The summed E-state index contributed by atoms with van der Waals surface area (Å²) in [6.45, 7) is 7.57. The van der Waals surface area contributed by atoms with Crippen LogP contribution in [0.25, 0.3) is 0 Å². The van der Waals surface area contributed by atoms with E-state index < -0.39 is 0 Å². The first-order valence-corrected chi connectivity index (χ1v) is 9.19. The molecule has 0 radical (unpaired) electrons. The highest BCUT2D eigenvalue weighted by Crippen LogP contribution is 2.39. The van der Waals surface area contributed by atoms with Crippen LogP contribution >= 0.6 is 34.4 Å². The Hall–Kier alpha value is -0.0400. The number of hydrogen-bond acceptors (Lipinski definition) is 4. The molecule has 5 heteroatoms. The minimum atomic E-state index is 0.447. The Balaban J connectivity index is 2.35. The zero-order valence-corrected chi connectivity index (χ0v) is 14.8. The molecular weight excluding hydrogens is 369 g/mol. The minimum Gasteiger partial charge on any atom is -0.369 e. The number of nitrogens with one attached hydrogen (secondary N) is 1. The Kier molecular flexibility index (Phi) is 5.74. The lowest BCUT2D eigenvalue weighted by molar-refractivity contribution is 0.735. The molecule has 0 aliphatic carbocycles. The summed E-state index contributed by atoms with van der Waals surface area (Å²) in [5.74, 6) is 3.76. The quantitative estimate of drug-likeness (QED) is 0.745. The van der Waals surface area contributed by atoms with Crippen LogP contribution in [0.2, 0.25) is 0 Å². The van der Waals surface area contributed by atoms with Gasteiger partial charge in [0.25, 0.3) is 0 Å². The van der Waals surface area contributed by atoms with E-state index in [0.29, 0.717) is 11.2 Å². The molecule has 106 valence electrons. The molecule has 1 aliphatic heterocycles. The van der Waals surface area contributed by atoms with E-state index in [2.05, 4.69) is 48.7 Å². The molecule has 19 heavy (non-hydrogen) atoms. The summed E-state index contributed by atoms with van der Waals surface area (Å²) >= 11 is 4.38. The number of thioether (sulfide) groups is 1. The van der Waals surface area contributed by atoms with Crippen LogP contribution in [0.1, 0.15) is 62.7 Å². The van der Waals surface area contributed by atoms with Crippen LogP contribution in [0.4, 0.5) is 5.82 Å². The molecule has 2 heterocycles. The molecule has 1 aromatic heterocycles. The summed E-state index contributed by atoms with van der Waals surface area (Å²) < 4.78 is 1.19. The van der Waals surface area contributed by atoms with E-state index in [0.717, 1.165) is 24.6 Å². The molecule has 1 unspecified atom stereocenters. The van der Waals surface area contributed by atoms with Gasteiger partial charge in [0.15, 0.2) is 0 Å². The Bertz CT molecular complexity index is 431. The molecule has 3 nitrogen and oxygen atoms in total.